The van der Waals surface area contributed by atoms with Crippen molar-refractivity contribution in [1.29, 1.82) is 0 Å². The van der Waals surface area contributed by atoms with Gasteiger partial charge < -0.3 is 4.90 Å². The Balaban J connectivity index is 1.73. The fourth-order valence-corrected chi connectivity index (χ4v) is 3.68. The van der Waals surface area contributed by atoms with E-state index in [1.807, 2.05) is 11.3 Å². The number of rotatable bonds is 1. The van der Waals surface area contributed by atoms with E-state index in [2.05, 4.69) is 28.9 Å². The van der Waals surface area contributed by atoms with Crippen LogP contribution in [0.5, 0.6) is 0 Å². The lowest BCUT2D eigenvalue weighted by Crippen LogP contribution is -2.49. The van der Waals surface area contributed by atoms with Crippen molar-refractivity contribution in [2.45, 2.75) is 25.8 Å². The fraction of sp³-hybridized carbons (Fsp3) is 0.667. The number of hydrogen-bond donors (Lipinski definition) is 0. The van der Waals surface area contributed by atoms with Gasteiger partial charge in [-0.15, -0.1) is 11.3 Å². The summed E-state index contributed by atoms with van der Waals surface area (Å²) in [6.07, 6.45) is 2.81. The van der Waals surface area contributed by atoms with Crippen molar-refractivity contribution >= 4 is 16.3 Å². The number of fused-ring (bicyclic) bond motifs is 1. The molecule has 2 nitrogen and oxygen atoms in total. The summed E-state index contributed by atoms with van der Waals surface area (Å²) in [5, 5.41) is 1.47. The van der Waals surface area contributed by atoms with Gasteiger partial charge in [-0.3, -0.25) is 4.90 Å². The summed E-state index contributed by atoms with van der Waals surface area (Å²) in [4.78, 5) is 6.67. The van der Waals surface area contributed by atoms with E-state index in [4.69, 9.17) is 0 Å². The highest BCUT2D eigenvalue weighted by atomic mass is 32.1. The third-order valence-corrected chi connectivity index (χ3v) is 4.69. The maximum Gasteiger partial charge on any atom is 0.0912 e. The van der Waals surface area contributed by atoms with E-state index in [1.165, 1.54) is 48.9 Å². The summed E-state index contributed by atoms with van der Waals surface area (Å²) < 4.78 is 0. The zero-order valence-corrected chi connectivity index (χ0v) is 10.1. The van der Waals surface area contributed by atoms with Gasteiger partial charge in [-0.25, -0.2) is 0 Å². The highest BCUT2D eigenvalue weighted by Gasteiger charge is 2.30. The molecule has 0 amide bonds. The highest BCUT2D eigenvalue weighted by molar-refractivity contribution is 7.16. The molecule has 1 aromatic rings. The van der Waals surface area contributed by atoms with Crippen LogP contribution in [0.25, 0.3) is 0 Å². The van der Waals surface area contributed by atoms with Gasteiger partial charge in [-0.05, 0) is 38.4 Å². The first-order valence-electron chi connectivity index (χ1n) is 5.88. The Labute approximate surface area is 95.5 Å². The molecule has 3 rings (SSSR count). The van der Waals surface area contributed by atoms with Crippen molar-refractivity contribution in [3.05, 3.63) is 17.0 Å². The van der Waals surface area contributed by atoms with Crippen LogP contribution < -0.4 is 4.90 Å². The first kappa shape index (κ1) is 9.67. The molecule has 15 heavy (non-hydrogen) atoms. The van der Waals surface area contributed by atoms with Crippen molar-refractivity contribution < 1.29 is 0 Å². The largest absolute Gasteiger partial charge is 0.361 e. The minimum absolute atomic E-state index is 0.834. The van der Waals surface area contributed by atoms with E-state index >= 15 is 0 Å². The minimum atomic E-state index is 0.834. The number of thiophene rings is 1. The first-order valence-corrected chi connectivity index (χ1v) is 6.70. The van der Waals surface area contributed by atoms with Crippen molar-refractivity contribution in [2.75, 3.05) is 31.1 Å². The molecule has 3 heteroatoms. The van der Waals surface area contributed by atoms with E-state index in [0.29, 0.717) is 0 Å². The second-order valence-corrected chi connectivity index (χ2v) is 5.93. The SMILES string of the molecule is Cc1ccc(N2CCN3CCCC3C2)s1. The summed E-state index contributed by atoms with van der Waals surface area (Å²) in [5.74, 6) is 0. The Morgan fingerprint density at radius 2 is 2.20 bits per heavy atom. The number of aryl methyl sites for hydroxylation is 1. The molecule has 2 saturated heterocycles. The maximum atomic E-state index is 2.66. The Hall–Kier alpha value is -0.540. The molecule has 1 unspecified atom stereocenters. The molecule has 0 spiro atoms. The van der Waals surface area contributed by atoms with Gasteiger partial charge in [0.15, 0.2) is 0 Å². The number of piperazine rings is 1. The van der Waals surface area contributed by atoms with Gasteiger partial charge in [0.1, 0.15) is 0 Å². The molecule has 0 aromatic carbocycles. The molecule has 1 aromatic heterocycles. The minimum Gasteiger partial charge on any atom is -0.361 e. The van der Waals surface area contributed by atoms with Gasteiger partial charge in [0.2, 0.25) is 0 Å². The maximum absolute atomic E-state index is 2.66. The molecule has 0 aliphatic carbocycles. The summed E-state index contributed by atoms with van der Waals surface area (Å²) in [5.41, 5.74) is 0. The lowest BCUT2D eigenvalue weighted by atomic mass is 10.1. The lowest BCUT2D eigenvalue weighted by molar-refractivity contribution is 0.231. The molecule has 1 atom stereocenters. The van der Waals surface area contributed by atoms with Gasteiger partial charge in [0.05, 0.1) is 5.00 Å². The van der Waals surface area contributed by atoms with Crippen LogP contribution in [-0.2, 0) is 0 Å². The smallest absolute Gasteiger partial charge is 0.0912 e. The zero-order valence-electron chi connectivity index (χ0n) is 9.28. The van der Waals surface area contributed by atoms with E-state index in [0.717, 1.165) is 6.04 Å². The molecule has 3 heterocycles. The fourth-order valence-electron chi connectivity index (χ4n) is 2.78. The van der Waals surface area contributed by atoms with Gasteiger partial charge in [-0.2, -0.15) is 0 Å². The predicted octanol–water partition coefficient (Wildman–Crippen LogP) is 2.34. The lowest BCUT2D eigenvalue weighted by Gasteiger charge is -2.38. The average Bonchev–Trinajstić information content (AvgIpc) is 2.84. The standard InChI is InChI=1S/C12H18N2S/c1-10-4-5-12(15-10)14-8-7-13-6-2-3-11(13)9-14/h4-5,11H,2-3,6-9H2,1H3. The van der Waals surface area contributed by atoms with Crippen molar-refractivity contribution in [1.82, 2.24) is 4.90 Å². The number of nitrogens with zero attached hydrogens (tertiary/aromatic N) is 2. The van der Waals surface area contributed by atoms with Crippen LogP contribution in [0.2, 0.25) is 0 Å². The van der Waals surface area contributed by atoms with Gasteiger partial charge in [0, 0.05) is 30.6 Å². The Morgan fingerprint density at radius 3 is 3.00 bits per heavy atom. The van der Waals surface area contributed by atoms with Crippen molar-refractivity contribution in [3.63, 3.8) is 0 Å². The summed E-state index contributed by atoms with van der Waals surface area (Å²) in [7, 11) is 0. The Morgan fingerprint density at radius 1 is 1.27 bits per heavy atom. The molecule has 2 fully saturated rings. The Bertz CT molecular complexity index is 347. The van der Waals surface area contributed by atoms with Crippen LogP contribution in [0.1, 0.15) is 17.7 Å². The third-order valence-electron chi connectivity index (χ3n) is 3.63. The monoisotopic (exact) mass is 222 g/mol. The molecule has 82 valence electrons. The average molecular weight is 222 g/mol. The number of hydrogen-bond acceptors (Lipinski definition) is 3. The first-order chi connectivity index (χ1) is 7.33. The van der Waals surface area contributed by atoms with Crippen molar-refractivity contribution in [3.8, 4) is 0 Å². The second-order valence-electron chi connectivity index (χ2n) is 4.66. The normalized spacial score (nSPS) is 27.0. The zero-order chi connectivity index (χ0) is 10.3. The molecule has 0 radical (unpaired) electrons. The second kappa shape index (κ2) is 3.80. The molecule has 0 bridgehead atoms. The quantitative estimate of drug-likeness (QED) is 0.719. The molecule has 0 saturated carbocycles. The van der Waals surface area contributed by atoms with E-state index in [9.17, 15) is 0 Å². The van der Waals surface area contributed by atoms with Crippen LogP contribution in [0.15, 0.2) is 12.1 Å². The topological polar surface area (TPSA) is 6.48 Å². The van der Waals surface area contributed by atoms with Crippen LogP contribution in [0.4, 0.5) is 5.00 Å². The van der Waals surface area contributed by atoms with Gasteiger partial charge in [0.25, 0.3) is 0 Å². The molecule has 0 N–H and O–H groups in total. The molecular weight excluding hydrogens is 204 g/mol. The number of anilines is 1. The van der Waals surface area contributed by atoms with Crippen LogP contribution in [-0.4, -0.2) is 37.1 Å². The van der Waals surface area contributed by atoms with E-state index in [1.54, 1.807) is 0 Å². The highest BCUT2D eigenvalue weighted by Crippen LogP contribution is 2.30. The van der Waals surface area contributed by atoms with Gasteiger partial charge in [-0.1, -0.05) is 0 Å². The summed E-state index contributed by atoms with van der Waals surface area (Å²) in [6.45, 7) is 7.26. The van der Waals surface area contributed by atoms with Crippen molar-refractivity contribution in [2.24, 2.45) is 0 Å². The van der Waals surface area contributed by atoms with Crippen LogP contribution in [0, 0.1) is 6.92 Å². The molecular formula is C12H18N2S. The summed E-state index contributed by atoms with van der Waals surface area (Å²) in [6, 6.07) is 5.35. The van der Waals surface area contributed by atoms with Gasteiger partial charge >= 0.3 is 0 Å². The van der Waals surface area contributed by atoms with E-state index in [-0.39, 0.29) is 0 Å². The molecule has 2 aliphatic rings. The van der Waals surface area contributed by atoms with Crippen LogP contribution in [0.3, 0.4) is 0 Å². The molecule has 2 aliphatic heterocycles. The van der Waals surface area contributed by atoms with E-state index < -0.39 is 0 Å². The Kier molecular flexibility index (Phi) is 2.45. The summed E-state index contributed by atoms with van der Waals surface area (Å²) >= 11 is 1.94. The van der Waals surface area contributed by atoms with Crippen LogP contribution >= 0.6 is 11.3 Å². The third kappa shape index (κ3) is 1.79. The predicted molar refractivity (Wildman–Crippen MR) is 65.9 cm³/mol.